The molecule has 0 heterocycles. The van der Waals surface area contributed by atoms with Gasteiger partial charge in [-0.1, -0.05) is 241 Å². The largest absolute Gasteiger partial charge is 0.462 e. The van der Waals surface area contributed by atoms with Gasteiger partial charge < -0.3 is 14.2 Å². The number of allylic oxidation sites excluding steroid dienone is 14. The highest BCUT2D eigenvalue weighted by Gasteiger charge is 2.17. The first-order valence-electron chi connectivity index (χ1n) is 29.1. The van der Waals surface area contributed by atoms with E-state index in [1.54, 1.807) is 0 Å². The van der Waals surface area contributed by atoms with Crippen LogP contribution in [0.2, 0.25) is 0 Å². The Morgan fingerprint density at radius 2 is 0.662 bits per heavy atom. The van der Waals surface area contributed by atoms with Crippen LogP contribution >= 0.6 is 0 Å². The molecule has 0 aromatic heterocycles. The summed E-state index contributed by atoms with van der Waals surface area (Å²) in [7, 11) is 0. The van der Waals surface area contributed by atoms with Gasteiger partial charge in [-0.05, 0) is 109 Å². The Balaban J connectivity index is 4.31. The Kier molecular flexibility index (Phi) is 55.9. The van der Waals surface area contributed by atoms with Gasteiger partial charge in [-0.15, -0.1) is 0 Å². The summed E-state index contributed by atoms with van der Waals surface area (Å²) >= 11 is 0. The zero-order valence-electron chi connectivity index (χ0n) is 45.1. The van der Waals surface area contributed by atoms with Crippen LogP contribution in [0.3, 0.4) is 0 Å². The molecule has 0 radical (unpaired) electrons. The van der Waals surface area contributed by atoms with Crippen LogP contribution in [0.1, 0.15) is 278 Å². The Morgan fingerprint density at radius 1 is 0.338 bits per heavy atom. The summed E-state index contributed by atoms with van der Waals surface area (Å²) < 4.78 is 17.5. The molecular weight excluding hydrogens is 837 g/mol. The minimum atomic E-state index is -0.551. The molecule has 0 fully saturated rings. The van der Waals surface area contributed by atoms with Crippen molar-refractivity contribution in [1.29, 1.82) is 0 Å². The van der Waals surface area contributed by atoms with E-state index >= 15 is 0 Å². The van der Waals surface area contributed by atoms with E-state index in [4.69, 9.17) is 14.2 Å². The SMILES string of the molecule is CC/C=C\C/C=C\C/C=C\CCCCCCCCCCOCC(COC(=O)CCCCCCCCC/C=C\C/C=C\C/C=C\CC)OC(=O)CCCCCCCCC/C=C\CCCCCCCC. The van der Waals surface area contributed by atoms with Crippen LogP contribution in [-0.4, -0.2) is 37.9 Å². The van der Waals surface area contributed by atoms with Crippen LogP contribution in [-0.2, 0) is 23.8 Å². The number of ether oxygens (including phenoxy) is 3. The fraction of sp³-hybridized carbons (Fsp3) is 0.746. The first-order valence-corrected chi connectivity index (χ1v) is 29.1. The summed E-state index contributed by atoms with van der Waals surface area (Å²) in [5.41, 5.74) is 0. The van der Waals surface area contributed by atoms with Gasteiger partial charge in [0.1, 0.15) is 6.61 Å². The zero-order chi connectivity index (χ0) is 49.2. The quantitative estimate of drug-likeness (QED) is 0.0345. The van der Waals surface area contributed by atoms with Crippen LogP contribution in [0.25, 0.3) is 0 Å². The third-order valence-corrected chi connectivity index (χ3v) is 12.4. The lowest BCUT2D eigenvalue weighted by Crippen LogP contribution is -2.30. The van der Waals surface area contributed by atoms with Gasteiger partial charge in [0, 0.05) is 19.4 Å². The van der Waals surface area contributed by atoms with E-state index in [0.29, 0.717) is 19.4 Å². The molecule has 0 amide bonds. The summed E-state index contributed by atoms with van der Waals surface area (Å²) in [6.07, 6.45) is 77.4. The molecule has 392 valence electrons. The van der Waals surface area contributed by atoms with E-state index < -0.39 is 6.10 Å². The Hall–Kier alpha value is -2.92. The van der Waals surface area contributed by atoms with E-state index in [9.17, 15) is 9.59 Å². The smallest absolute Gasteiger partial charge is 0.306 e. The molecule has 5 nitrogen and oxygen atoms in total. The third-order valence-electron chi connectivity index (χ3n) is 12.4. The van der Waals surface area contributed by atoms with Gasteiger partial charge in [-0.25, -0.2) is 0 Å². The summed E-state index contributed by atoms with van der Waals surface area (Å²) in [6.45, 7) is 7.60. The van der Waals surface area contributed by atoms with Gasteiger partial charge in [0.05, 0.1) is 6.61 Å². The second-order valence-electron chi connectivity index (χ2n) is 19.1. The van der Waals surface area contributed by atoms with Crippen LogP contribution < -0.4 is 0 Å². The number of carbonyl (C=O) groups is 2. The van der Waals surface area contributed by atoms with Crippen LogP contribution in [0.5, 0.6) is 0 Å². The van der Waals surface area contributed by atoms with Crippen molar-refractivity contribution in [2.75, 3.05) is 19.8 Å². The Labute approximate surface area is 422 Å². The minimum absolute atomic E-state index is 0.0730. The predicted molar refractivity (Wildman–Crippen MR) is 297 cm³/mol. The zero-order valence-corrected chi connectivity index (χ0v) is 45.1. The minimum Gasteiger partial charge on any atom is -0.462 e. The van der Waals surface area contributed by atoms with Crippen molar-refractivity contribution < 1.29 is 23.8 Å². The maximum absolute atomic E-state index is 12.9. The average Bonchev–Trinajstić information content (AvgIpc) is 3.34. The van der Waals surface area contributed by atoms with E-state index in [0.717, 1.165) is 96.3 Å². The van der Waals surface area contributed by atoms with E-state index in [-0.39, 0.29) is 25.2 Å². The first-order chi connectivity index (χ1) is 33.6. The number of hydrogen-bond donors (Lipinski definition) is 0. The van der Waals surface area contributed by atoms with Crippen molar-refractivity contribution in [2.45, 2.75) is 284 Å². The standard InChI is InChI=1S/C63H110O5/c1-4-7-10-13-16-19-22-25-28-31-34-37-40-43-46-49-52-55-58-66-59-61(68-63(65)57-54-51-48-45-42-39-36-33-30-27-24-21-18-15-12-9-6-3)60-67-62(64)56-53-50-47-44-41-38-35-32-29-26-23-20-17-14-11-8-5-2/h7-8,10-11,16-17,19-20,25-30,61H,4-6,9,12-15,18,21-24,31-60H2,1-3H3/b10-7-,11-8-,19-16-,20-17-,28-25-,29-26-,30-27-. The monoisotopic (exact) mass is 947 g/mol. The van der Waals surface area contributed by atoms with Gasteiger partial charge in [-0.2, -0.15) is 0 Å². The molecule has 0 aromatic carbocycles. The first kappa shape index (κ1) is 65.1. The molecule has 68 heavy (non-hydrogen) atoms. The normalized spacial score (nSPS) is 12.8. The highest BCUT2D eigenvalue weighted by molar-refractivity contribution is 5.70. The summed E-state index contributed by atoms with van der Waals surface area (Å²) in [5.74, 6) is -0.412. The van der Waals surface area contributed by atoms with Crippen LogP contribution in [0, 0.1) is 0 Å². The highest BCUT2D eigenvalue weighted by atomic mass is 16.6. The molecule has 0 aliphatic heterocycles. The molecule has 1 atom stereocenters. The molecule has 0 saturated carbocycles. The third kappa shape index (κ3) is 55.7. The fourth-order valence-electron chi connectivity index (χ4n) is 8.12. The molecule has 0 rings (SSSR count). The van der Waals surface area contributed by atoms with Crippen LogP contribution in [0.4, 0.5) is 0 Å². The average molecular weight is 948 g/mol. The fourth-order valence-corrected chi connectivity index (χ4v) is 8.12. The second-order valence-corrected chi connectivity index (χ2v) is 19.1. The molecule has 0 bridgehead atoms. The molecule has 0 spiro atoms. The number of carbonyl (C=O) groups excluding carboxylic acids is 2. The molecule has 0 N–H and O–H groups in total. The Bertz CT molecular complexity index is 1250. The maximum Gasteiger partial charge on any atom is 0.306 e. The van der Waals surface area contributed by atoms with Gasteiger partial charge in [-0.3, -0.25) is 9.59 Å². The number of esters is 2. The number of rotatable bonds is 53. The topological polar surface area (TPSA) is 61.8 Å². The predicted octanol–water partition coefficient (Wildman–Crippen LogP) is 20.0. The summed E-state index contributed by atoms with van der Waals surface area (Å²) in [4.78, 5) is 25.5. The van der Waals surface area contributed by atoms with E-state index in [1.807, 2.05) is 0 Å². The van der Waals surface area contributed by atoms with Gasteiger partial charge in [0.15, 0.2) is 6.10 Å². The van der Waals surface area contributed by atoms with E-state index in [2.05, 4.69) is 106 Å². The van der Waals surface area contributed by atoms with Crippen molar-refractivity contribution in [1.82, 2.24) is 0 Å². The lowest BCUT2D eigenvalue weighted by Gasteiger charge is -2.18. The lowest BCUT2D eigenvalue weighted by atomic mass is 10.1. The number of hydrogen-bond acceptors (Lipinski definition) is 5. The van der Waals surface area contributed by atoms with Gasteiger partial charge in [0.25, 0.3) is 0 Å². The molecule has 0 aliphatic rings. The molecule has 1 unspecified atom stereocenters. The van der Waals surface area contributed by atoms with E-state index in [1.165, 1.54) is 148 Å². The van der Waals surface area contributed by atoms with Gasteiger partial charge >= 0.3 is 11.9 Å². The summed E-state index contributed by atoms with van der Waals surface area (Å²) in [5, 5.41) is 0. The van der Waals surface area contributed by atoms with Crippen molar-refractivity contribution in [2.24, 2.45) is 0 Å². The molecule has 0 aliphatic carbocycles. The molecular formula is C63H110O5. The molecule has 0 aromatic rings. The Morgan fingerprint density at radius 3 is 1.07 bits per heavy atom. The molecule has 5 heteroatoms. The lowest BCUT2D eigenvalue weighted by molar-refractivity contribution is -0.163. The van der Waals surface area contributed by atoms with Crippen molar-refractivity contribution in [3.8, 4) is 0 Å². The van der Waals surface area contributed by atoms with Crippen molar-refractivity contribution in [3.05, 3.63) is 85.1 Å². The molecule has 0 saturated heterocycles. The maximum atomic E-state index is 12.9. The van der Waals surface area contributed by atoms with Crippen LogP contribution in [0.15, 0.2) is 85.1 Å². The summed E-state index contributed by atoms with van der Waals surface area (Å²) in [6, 6.07) is 0. The number of unbranched alkanes of at least 4 members (excludes halogenated alkanes) is 28. The van der Waals surface area contributed by atoms with Gasteiger partial charge in [0.2, 0.25) is 0 Å². The highest BCUT2D eigenvalue weighted by Crippen LogP contribution is 2.15. The van der Waals surface area contributed by atoms with Crippen molar-refractivity contribution in [3.63, 3.8) is 0 Å². The second kappa shape index (κ2) is 58.4. The van der Waals surface area contributed by atoms with Crippen molar-refractivity contribution >= 4 is 11.9 Å².